The molecule has 1 saturated carbocycles. The van der Waals surface area contributed by atoms with Crippen molar-refractivity contribution in [3.63, 3.8) is 0 Å². The van der Waals surface area contributed by atoms with E-state index in [2.05, 4.69) is 10.3 Å². The van der Waals surface area contributed by atoms with Gasteiger partial charge in [-0.3, -0.25) is 0 Å². The fourth-order valence-electron chi connectivity index (χ4n) is 1.60. The maximum absolute atomic E-state index is 13.7. The lowest BCUT2D eigenvalue weighted by atomic mass is 10.2. The second-order valence-corrected chi connectivity index (χ2v) is 6.23. The Labute approximate surface area is 99.7 Å². The van der Waals surface area contributed by atoms with E-state index in [-0.39, 0.29) is 10.1 Å². The molecule has 0 saturated heterocycles. The Morgan fingerprint density at radius 3 is 2.71 bits per heavy atom. The molecule has 1 aliphatic rings. The van der Waals surface area contributed by atoms with Crippen molar-refractivity contribution in [2.24, 2.45) is 0 Å². The molecule has 6 heteroatoms. The van der Waals surface area contributed by atoms with Gasteiger partial charge in [-0.1, -0.05) is 6.07 Å². The van der Waals surface area contributed by atoms with Crippen LogP contribution in [0.2, 0.25) is 0 Å². The Bertz CT molecular complexity index is 511. The van der Waals surface area contributed by atoms with Crippen molar-refractivity contribution in [2.75, 3.05) is 7.11 Å². The van der Waals surface area contributed by atoms with Gasteiger partial charge >= 0.3 is 0 Å². The molecule has 0 radical (unpaired) electrons. The monoisotopic (exact) mass is 259 g/mol. The molecule has 1 fully saturated rings. The van der Waals surface area contributed by atoms with Gasteiger partial charge < -0.3 is 4.84 Å². The van der Waals surface area contributed by atoms with Crippen LogP contribution in [0.4, 0.5) is 4.39 Å². The summed E-state index contributed by atoms with van der Waals surface area (Å²) in [4.78, 5) is 4.45. The van der Waals surface area contributed by atoms with Crippen LogP contribution >= 0.6 is 0 Å². The van der Waals surface area contributed by atoms with Gasteiger partial charge in [0.15, 0.2) is 9.84 Å². The molecular formula is C11H14FNO3S. The van der Waals surface area contributed by atoms with Gasteiger partial charge in [0.1, 0.15) is 10.7 Å². The molecular weight excluding hydrogens is 245 g/mol. The van der Waals surface area contributed by atoms with Crippen LogP contribution in [0.1, 0.15) is 18.4 Å². The van der Waals surface area contributed by atoms with Gasteiger partial charge in [0.2, 0.25) is 0 Å². The molecule has 0 bridgehead atoms. The average Bonchev–Trinajstić information content (AvgIpc) is 3.10. The number of hydrogen-bond donors (Lipinski definition) is 1. The summed E-state index contributed by atoms with van der Waals surface area (Å²) in [5.74, 6) is -0.688. The fraction of sp³-hybridized carbons (Fsp3) is 0.455. The van der Waals surface area contributed by atoms with Crippen LogP contribution in [-0.4, -0.2) is 20.8 Å². The largest absolute Gasteiger partial charge is 0.305 e. The molecule has 1 aliphatic carbocycles. The van der Waals surface area contributed by atoms with E-state index in [1.54, 1.807) is 6.07 Å². The van der Waals surface area contributed by atoms with Gasteiger partial charge in [-0.25, -0.2) is 12.8 Å². The number of sulfone groups is 1. The number of hydroxylamine groups is 1. The molecule has 1 N–H and O–H groups in total. The molecule has 94 valence electrons. The van der Waals surface area contributed by atoms with Crippen LogP contribution in [0.3, 0.4) is 0 Å². The molecule has 1 aromatic carbocycles. The summed E-state index contributed by atoms with van der Waals surface area (Å²) >= 11 is 0. The third kappa shape index (κ3) is 2.65. The van der Waals surface area contributed by atoms with Gasteiger partial charge in [-0.15, -0.1) is 0 Å². The predicted octanol–water partition coefficient (Wildman–Crippen LogP) is 1.41. The molecule has 0 amide bonds. The SMILES string of the molecule is CONCc1ccc(S(=O)(=O)C2CC2)c(F)c1. The highest BCUT2D eigenvalue weighted by molar-refractivity contribution is 7.92. The highest BCUT2D eigenvalue weighted by atomic mass is 32.2. The van der Waals surface area contributed by atoms with Crippen LogP contribution in [0, 0.1) is 5.82 Å². The summed E-state index contributed by atoms with van der Waals surface area (Å²) in [6.45, 7) is 0.331. The molecule has 0 atom stereocenters. The first kappa shape index (κ1) is 12.5. The number of benzene rings is 1. The molecule has 1 aromatic rings. The lowest BCUT2D eigenvalue weighted by molar-refractivity contribution is 0.0866. The van der Waals surface area contributed by atoms with Crippen molar-refractivity contribution < 1.29 is 17.6 Å². The summed E-state index contributed by atoms with van der Waals surface area (Å²) in [6.07, 6.45) is 1.27. The summed E-state index contributed by atoms with van der Waals surface area (Å²) in [7, 11) is -2.00. The lowest BCUT2D eigenvalue weighted by Crippen LogP contribution is -2.13. The molecule has 0 unspecified atom stereocenters. The Morgan fingerprint density at radius 2 is 2.18 bits per heavy atom. The summed E-state index contributed by atoms with van der Waals surface area (Å²) in [6, 6.07) is 4.14. The molecule has 4 nitrogen and oxygen atoms in total. The highest BCUT2D eigenvalue weighted by Crippen LogP contribution is 2.34. The van der Waals surface area contributed by atoms with Crippen LogP contribution in [-0.2, 0) is 21.2 Å². The molecule has 17 heavy (non-hydrogen) atoms. The van der Waals surface area contributed by atoms with Crippen LogP contribution < -0.4 is 5.48 Å². The predicted molar refractivity (Wildman–Crippen MR) is 60.5 cm³/mol. The smallest absolute Gasteiger partial charge is 0.184 e. The topological polar surface area (TPSA) is 55.4 Å². The minimum Gasteiger partial charge on any atom is -0.305 e. The molecule has 0 heterocycles. The van der Waals surface area contributed by atoms with Crippen molar-refractivity contribution in [3.05, 3.63) is 29.6 Å². The van der Waals surface area contributed by atoms with E-state index >= 15 is 0 Å². The van der Waals surface area contributed by atoms with E-state index in [9.17, 15) is 12.8 Å². The van der Waals surface area contributed by atoms with Gasteiger partial charge in [-0.2, -0.15) is 5.48 Å². The summed E-state index contributed by atoms with van der Waals surface area (Å²) < 4.78 is 37.4. The molecule has 0 aromatic heterocycles. The summed E-state index contributed by atoms with van der Waals surface area (Å²) in [5.41, 5.74) is 3.21. The van der Waals surface area contributed by atoms with Gasteiger partial charge in [0.05, 0.1) is 12.4 Å². The standard InChI is InChI=1S/C11H14FNO3S/c1-16-13-7-8-2-5-11(10(12)6-8)17(14,15)9-3-4-9/h2,5-6,9,13H,3-4,7H2,1H3. The first-order valence-corrected chi connectivity index (χ1v) is 6.88. The first-order valence-electron chi connectivity index (χ1n) is 5.34. The molecule has 0 aliphatic heterocycles. The van der Waals surface area contributed by atoms with Gasteiger partial charge in [0.25, 0.3) is 0 Å². The van der Waals surface area contributed by atoms with Crippen molar-refractivity contribution in [3.8, 4) is 0 Å². The Kier molecular flexibility index (Phi) is 3.46. The van der Waals surface area contributed by atoms with E-state index < -0.39 is 15.7 Å². The zero-order valence-corrected chi connectivity index (χ0v) is 10.3. The third-order valence-electron chi connectivity index (χ3n) is 2.69. The van der Waals surface area contributed by atoms with E-state index in [1.807, 2.05) is 0 Å². The number of rotatable bonds is 5. The summed E-state index contributed by atoms with van der Waals surface area (Å²) in [5, 5.41) is -0.389. The average molecular weight is 259 g/mol. The van der Waals surface area contributed by atoms with E-state index in [1.165, 1.54) is 19.2 Å². The maximum atomic E-state index is 13.7. The van der Waals surface area contributed by atoms with E-state index in [4.69, 9.17) is 0 Å². The van der Waals surface area contributed by atoms with Crippen LogP contribution in [0.25, 0.3) is 0 Å². The van der Waals surface area contributed by atoms with E-state index in [0.717, 1.165) is 0 Å². The van der Waals surface area contributed by atoms with Gasteiger partial charge in [-0.05, 0) is 30.5 Å². The Morgan fingerprint density at radius 1 is 1.47 bits per heavy atom. The maximum Gasteiger partial charge on any atom is 0.184 e. The van der Waals surface area contributed by atoms with Crippen molar-refractivity contribution in [1.82, 2.24) is 5.48 Å². The molecule has 0 spiro atoms. The van der Waals surface area contributed by atoms with Crippen LogP contribution in [0.15, 0.2) is 23.1 Å². The lowest BCUT2D eigenvalue weighted by Gasteiger charge is -2.07. The second kappa shape index (κ2) is 4.72. The Balaban J connectivity index is 2.25. The zero-order valence-electron chi connectivity index (χ0n) is 9.44. The Hall–Kier alpha value is -0.980. The quantitative estimate of drug-likeness (QED) is 0.812. The highest BCUT2D eigenvalue weighted by Gasteiger charge is 2.38. The van der Waals surface area contributed by atoms with Crippen LogP contribution in [0.5, 0.6) is 0 Å². The first-order chi connectivity index (χ1) is 8.05. The van der Waals surface area contributed by atoms with Gasteiger partial charge in [0, 0.05) is 6.54 Å². The third-order valence-corrected chi connectivity index (χ3v) is 4.98. The fourth-order valence-corrected chi connectivity index (χ4v) is 3.30. The normalized spacial score (nSPS) is 16.1. The molecule has 2 rings (SSSR count). The van der Waals surface area contributed by atoms with Crippen molar-refractivity contribution in [1.29, 1.82) is 0 Å². The minimum absolute atomic E-state index is 0.193. The zero-order chi connectivity index (χ0) is 12.5. The number of hydrogen-bond acceptors (Lipinski definition) is 4. The second-order valence-electron chi connectivity index (χ2n) is 4.03. The minimum atomic E-state index is -3.46. The number of halogens is 1. The van der Waals surface area contributed by atoms with Crippen molar-refractivity contribution in [2.45, 2.75) is 29.5 Å². The number of nitrogens with one attached hydrogen (secondary N) is 1. The van der Waals surface area contributed by atoms with E-state index in [0.29, 0.717) is 24.9 Å². The van der Waals surface area contributed by atoms with Crippen molar-refractivity contribution >= 4 is 9.84 Å².